The molecule has 0 radical (unpaired) electrons. The number of aryl methyl sites for hydroxylation is 1. The van der Waals surface area contributed by atoms with E-state index >= 15 is 4.39 Å². The van der Waals surface area contributed by atoms with Crippen molar-refractivity contribution in [2.45, 2.75) is 51.7 Å². The zero-order valence-electron chi connectivity index (χ0n) is 25.4. The molecular formula is C33H38F3N7O. The van der Waals surface area contributed by atoms with Gasteiger partial charge in [-0.2, -0.15) is 15.2 Å². The number of rotatable bonds is 4. The first kappa shape index (κ1) is 31.4. The molecule has 232 valence electrons. The molecule has 7 rings (SSSR count). The van der Waals surface area contributed by atoms with E-state index in [1.165, 1.54) is 32.9 Å². The van der Waals surface area contributed by atoms with Crippen molar-refractivity contribution in [2.75, 3.05) is 51.3 Å². The molecule has 0 spiro atoms. The predicted molar refractivity (Wildman–Crippen MR) is 167 cm³/mol. The van der Waals surface area contributed by atoms with Crippen LogP contribution in [0.3, 0.4) is 0 Å². The number of anilines is 1. The lowest BCUT2D eigenvalue weighted by atomic mass is 9.95. The molecule has 3 aliphatic heterocycles. The molecule has 5 heterocycles. The molecule has 4 aromatic rings. The fourth-order valence-corrected chi connectivity index (χ4v) is 6.42. The molecule has 2 aromatic carbocycles. The molecule has 3 fully saturated rings. The lowest BCUT2D eigenvalue weighted by Crippen LogP contribution is -2.44. The Morgan fingerprint density at radius 2 is 1.89 bits per heavy atom. The van der Waals surface area contributed by atoms with E-state index in [0.29, 0.717) is 46.7 Å². The third kappa shape index (κ3) is 6.42. The maximum Gasteiger partial charge on any atom is 0.318 e. The van der Waals surface area contributed by atoms with Crippen LogP contribution in [0.2, 0.25) is 0 Å². The van der Waals surface area contributed by atoms with E-state index in [1.54, 1.807) is 24.4 Å². The minimum absolute atomic E-state index is 0.0975. The Morgan fingerprint density at radius 3 is 2.59 bits per heavy atom. The van der Waals surface area contributed by atoms with Crippen molar-refractivity contribution in [3.8, 4) is 23.3 Å². The van der Waals surface area contributed by atoms with Crippen LogP contribution in [0.15, 0.2) is 36.5 Å². The molecule has 3 saturated heterocycles. The highest BCUT2D eigenvalue weighted by molar-refractivity contribution is 6.00. The number of alkyl halides is 1. The third-order valence-corrected chi connectivity index (χ3v) is 8.41. The van der Waals surface area contributed by atoms with Gasteiger partial charge in [0.25, 0.3) is 0 Å². The number of benzene rings is 2. The normalized spacial score (nSPS) is 19.5. The van der Waals surface area contributed by atoms with Crippen molar-refractivity contribution in [1.29, 1.82) is 5.26 Å². The number of nitrogens with one attached hydrogen (secondary N) is 1. The standard InChI is InChI=1S/C24H23F2N5O.C7H12FN.C2H3N/c1-3-15-18(25)8-7-14-5-4-6-16(19(14)15)21-20(26)22-17(13-28-21)23(30-24(29-22)32-2)31-11-9-27-10-12-31;8-6-4-7-2-1-3-9(7)5-6;1-2-3/h4-8,13,27H,3,9-12H2,1-2H3;6-7H,1-5H2;1H3. The molecule has 3 aliphatic rings. The minimum atomic E-state index is -0.571. The number of pyridine rings is 1. The number of methoxy groups -OCH3 is 1. The summed E-state index contributed by atoms with van der Waals surface area (Å²) in [5.74, 6) is -0.276. The number of piperazine rings is 1. The Balaban J connectivity index is 0.000000267. The van der Waals surface area contributed by atoms with Crippen molar-refractivity contribution < 1.29 is 17.9 Å². The summed E-state index contributed by atoms with van der Waals surface area (Å²) >= 11 is 0. The van der Waals surface area contributed by atoms with Crippen LogP contribution in [0.25, 0.3) is 32.9 Å². The van der Waals surface area contributed by atoms with Gasteiger partial charge in [0.1, 0.15) is 29.0 Å². The van der Waals surface area contributed by atoms with E-state index < -0.39 is 12.0 Å². The smallest absolute Gasteiger partial charge is 0.318 e. The largest absolute Gasteiger partial charge is 0.467 e. The van der Waals surface area contributed by atoms with Crippen molar-refractivity contribution in [2.24, 2.45) is 0 Å². The van der Waals surface area contributed by atoms with Crippen LogP contribution < -0.4 is 15.0 Å². The van der Waals surface area contributed by atoms with E-state index in [9.17, 15) is 8.78 Å². The van der Waals surface area contributed by atoms with Gasteiger partial charge in [-0.25, -0.2) is 13.2 Å². The van der Waals surface area contributed by atoms with Gasteiger partial charge in [-0.1, -0.05) is 31.2 Å². The van der Waals surface area contributed by atoms with Gasteiger partial charge in [-0.05, 0) is 54.6 Å². The average Bonchev–Trinajstić information content (AvgIpc) is 3.63. The summed E-state index contributed by atoms with van der Waals surface area (Å²) in [4.78, 5) is 17.6. The fourth-order valence-electron chi connectivity index (χ4n) is 6.42. The monoisotopic (exact) mass is 605 g/mol. The molecule has 1 N–H and O–H groups in total. The molecule has 2 atom stereocenters. The molecule has 2 unspecified atom stereocenters. The highest BCUT2D eigenvalue weighted by Crippen LogP contribution is 2.37. The summed E-state index contributed by atoms with van der Waals surface area (Å²) in [5.41, 5.74) is 1.36. The molecule has 0 saturated carbocycles. The van der Waals surface area contributed by atoms with Gasteiger partial charge in [-0.15, -0.1) is 0 Å². The first-order valence-electron chi connectivity index (χ1n) is 15.1. The number of aromatic nitrogens is 3. The maximum absolute atomic E-state index is 15.9. The summed E-state index contributed by atoms with van der Waals surface area (Å²) < 4.78 is 48.4. The van der Waals surface area contributed by atoms with Gasteiger partial charge in [0.2, 0.25) is 0 Å². The summed E-state index contributed by atoms with van der Waals surface area (Å²) in [5, 5.41) is 12.6. The van der Waals surface area contributed by atoms with Crippen LogP contribution in [0.5, 0.6) is 6.01 Å². The first-order chi connectivity index (χ1) is 21.4. The Hall–Kier alpha value is -4.01. The van der Waals surface area contributed by atoms with E-state index in [2.05, 4.69) is 30.1 Å². The molecule has 2 aromatic heterocycles. The molecule has 0 bridgehead atoms. The molecule has 0 amide bonds. The number of halogens is 3. The Labute approximate surface area is 255 Å². The fraction of sp³-hybridized carbons (Fsp3) is 0.455. The molecular weight excluding hydrogens is 567 g/mol. The van der Waals surface area contributed by atoms with E-state index in [4.69, 9.17) is 10.00 Å². The van der Waals surface area contributed by atoms with Crippen molar-refractivity contribution in [1.82, 2.24) is 25.2 Å². The van der Waals surface area contributed by atoms with Crippen LogP contribution in [0.1, 0.15) is 38.7 Å². The van der Waals surface area contributed by atoms with E-state index in [0.717, 1.165) is 44.5 Å². The number of fused-ring (bicyclic) bond motifs is 3. The van der Waals surface area contributed by atoms with Crippen LogP contribution in [-0.4, -0.2) is 78.4 Å². The highest BCUT2D eigenvalue weighted by Gasteiger charge is 2.34. The van der Waals surface area contributed by atoms with Gasteiger partial charge >= 0.3 is 6.01 Å². The summed E-state index contributed by atoms with van der Waals surface area (Å²) in [7, 11) is 1.46. The van der Waals surface area contributed by atoms with E-state index in [1.807, 2.05) is 19.1 Å². The molecule has 8 nitrogen and oxygen atoms in total. The van der Waals surface area contributed by atoms with E-state index in [-0.39, 0.29) is 23.0 Å². The topological polar surface area (TPSA) is 90.2 Å². The molecule has 11 heteroatoms. The quantitative estimate of drug-likeness (QED) is 0.311. The minimum Gasteiger partial charge on any atom is -0.467 e. The number of hydrogen-bond acceptors (Lipinski definition) is 8. The molecule has 0 aliphatic carbocycles. The lowest BCUT2D eigenvalue weighted by Gasteiger charge is -2.29. The van der Waals surface area contributed by atoms with Gasteiger partial charge in [0, 0.05) is 57.4 Å². The Kier molecular flexibility index (Phi) is 10.1. The third-order valence-electron chi connectivity index (χ3n) is 8.41. The second-order valence-electron chi connectivity index (χ2n) is 11.1. The Bertz CT molecular complexity index is 1640. The van der Waals surface area contributed by atoms with Gasteiger partial charge < -0.3 is 15.0 Å². The summed E-state index contributed by atoms with van der Waals surface area (Å²) in [6, 6.07) is 11.1. The van der Waals surface area contributed by atoms with Crippen LogP contribution in [0, 0.1) is 23.0 Å². The highest BCUT2D eigenvalue weighted by atomic mass is 19.1. The zero-order chi connectivity index (χ0) is 31.2. The first-order valence-corrected chi connectivity index (χ1v) is 15.1. The van der Waals surface area contributed by atoms with Crippen molar-refractivity contribution >= 4 is 27.5 Å². The SMILES string of the molecule is CC#N.CCc1c(F)ccc2cccc(-c3ncc4c(N5CCNCC5)nc(OC)nc4c3F)c12.FC1CC2CCCN2C1. The van der Waals surface area contributed by atoms with Crippen molar-refractivity contribution in [3.63, 3.8) is 0 Å². The van der Waals surface area contributed by atoms with Crippen LogP contribution in [-0.2, 0) is 6.42 Å². The summed E-state index contributed by atoms with van der Waals surface area (Å²) in [6.07, 6.45) is 4.90. The lowest BCUT2D eigenvalue weighted by molar-refractivity contribution is 0.292. The van der Waals surface area contributed by atoms with Gasteiger partial charge in [-0.3, -0.25) is 9.88 Å². The number of nitriles is 1. The number of nitrogens with zero attached hydrogens (tertiary/aromatic N) is 6. The number of ether oxygens (including phenoxy) is 1. The van der Waals surface area contributed by atoms with Crippen molar-refractivity contribution in [3.05, 3.63) is 53.7 Å². The molecule has 44 heavy (non-hydrogen) atoms. The van der Waals surface area contributed by atoms with Crippen LogP contribution >= 0.6 is 0 Å². The van der Waals surface area contributed by atoms with Crippen LogP contribution in [0.4, 0.5) is 19.0 Å². The number of hydrogen-bond donors (Lipinski definition) is 1. The second kappa shape index (κ2) is 14.2. The van der Waals surface area contributed by atoms with Gasteiger partial charge in [0.05, 0.1) is 18.6 Å². The average molecular weight is 606 g/mol. The second-order valence-corrected chi connectivity index (χ2v) is 11.1. The summed E-state index contributed by atoms with van der Waals surface area (Å²) in [6.45, 7) is 8.26. The maximum atomic E-state index is 15.9. The van der Waals surface area contributed by atoms with Gasteiger partial charge in [0.15, 0.2) is 5.82 Å². The predicted octanol–water partition coefficient (Wildman–Crippen LogP) is 5.83. The zero-order valence-corrected chi connectivity index (χ0v) is 25.4. The Morgan fingerprint density at radius 1 is 1.11 bits per heavy atom.